The van der Waals surface area contributed by atoms with Crippen molar-refractivity contribution in [3.8, 4) is 0 Å². The molecule has 1 aromatic carbocycles. The van der Waals surface area contributed by atoms with Gasteiger partial charge in [-0.05, 0) is 24.5 Å². The number of carbonyl (C=O) groups excluding carboxylic acids is 3. The van der Waals surface area contributed by atoms with Crippen LogP contribution in [0.25, 0.3) is 0 Å². The first-order valence-corrected chi connectivity index (χ1v) is 9.29. The van der Waals surface area contributed by atoms with Gasteiger partial charge in [-0.15, -0.1) is 0 Å². The molecule has 1 heterocycles. The van der Waals surface area contributed by atoms with Crippen LogP contribution in [0.4, 0.5) is 4.39 Å². The van der Waals surface area contributed by atoms with Crippen molar-refractivity contribution in [2.24, 2.45) is 5.92 Å². The van der Waals surface area contributed by atoms with E-state index < -0.39 is 40.0 Å². The number of benzene rings is 1. The van der Waals surface area contributed by atoms with Crippen molar-refractivity contribution in [1.82, 2.24) is 10.9 Å². The number of hydrogen-bond donors (Lipinski definition) is 2. The maximum Gasteiger partial charge on any atom is 0.341 e. The first kappa shape index (κ1) is 18.8. The minimum Gasteiger partial charge on any atom is -0.452 e. The molecule has 2 amide bonds. The summed E-state index contributed by atoms with van der Waals surface area (Å²) in [5, 5.41) is 0. The highest BCUT2D eigenvalue weighted by atomic mass is 32.2. The van der Waals surface area contributed by atoms with Crippen LogP contribution in [0.3, 0.4) is 0 Å². The molecule has 10 heteroatoms. The molecule has 136 valence electrons. The van der Waals surface area contributed by atoms with Crippen LogP contribution >= 0.6 is 0 Å². The van der Waals surface area contributed by atoms with E-state index in [0.29, 0.717) is 6.42 Å². The lowest BCUT2D eigenvalue weighted by atomic mass is 10.1. The van der Waals surface area contributed by atoms with Crippen molar-refractivity contribution in [3.63, 3.8) is 0 Å². The van der Waals surface area contributed by atoms with Crippen molar-refractivity contribution in [2.45, 2.75) is 12.8 Å². The molecule has 0 aromatic heterocycles. The summed E-state index contributed by atoms with van der Waals surface area (Å²) < 4.78 is 40.6. The molecule has 1 aromatic rings. The summed E-state index contributed by atoms with van der Waals surface area (Å²) in [5.74, 6) is -3.39. The van der Waals surface area contributed by atoms with E-state index in [-0.39, 0.29) is 29.4 Å². The zero-order chi connectivity index (χ0) is 18.4. The van der Waals surface area contributed by atoms with Crippen molar-refractivity contribution in [2.75, 3.05) is 18.1 Å². The molecule has 2 N–H and O–H groups in total. The van der Waals surface area contributed by atoms with Crippen LogP contribution in [0.1, 0.15) is 23.2 Å². The first-order chi connectivity index (χ1) is 11.8. The molecule has 0 saturated carbocycles. The number of amides is 2. The largest absolute Gasteiger partial charge is 0.452 e. The summed E-state index contributed by atoms with van der Waals surface area (Å²) in [5.41, 5.74) is 3.85. The van der Waals surface area contributed by atoms with Gasteiger partial charge in [0.2, 0.25) is 5.91 Å². The monoisotopic (exact) mass is 372 g/mol. The van der Waals surface area contributed by atoms with Crippen LogP contribution in [-0.4, -0.2) is 44.3 Å². The summed E-state index contributed by atoms with van der Waals surface area (Å²) in [6.45, 7) is -0.703. The molecule has 0 radical (unpaired) electrons. The predicted molar refractivity (Wildman–Crippen MR) is 84.3 cm³/mol. The number of hydrazine groups is 1. The number of hydrogen-bond acceptors (Lipinski definition) is 6. The smallest absolute Gasteiger partial charge is 0.341 e. The third kappa shape index (κ3) is 5.82. The van der Waals surface area contributed by atoms with Crippen LogP contribution in [-0.2, 0) is 24.2 Å². The van der Waals surface area contributed by atoms with Crippen LogP contribution in [0.5, 0.6) is 0 Å². The number of halogens is 1. The van der Waals surface area contributed by atoms with Gasteiger partial charge in [0, 0.05) is 6.42 Å². The van der Waals surface area contributed by atoms with Gasteiger partial charge in [0.1, 0.15) is 5.82 Å². The van der Waals surface area contributed by atoms with Crippen LogP contribution in [0.2, 0.25) is 0 Å². The Bertz CT molecular complexity index is 780. The average molecular weight is 372 g/mol. The van der Waals surface area contributed by atoms with Gasteiger partial charge in [-0.2, -0.15) is 0 Å². The summed E-state index contributed by atoms with van der Waals surface area (Å²) in [6, 6.07) is 5.15. The Morgan fingerprint density at radius 3 is 2.48 bits per heavy atom. The summed E-state index contributed by atoms with van der Waals surface area (Å²) in [6.07, 6.45) is 0.373. The fraction of sp³-hybridized carbons (Fsp3) is 0.400. The molecule has 0 aliphatic carbocycles. The van der Waals surface area contributed by atoms with Crippen molar-refractivity contribution in [1.29, 1.82) is 0 Å². The summed E-state index contributed by atoms with van der Waals surface area (Å²) in [7, 11) is -3.08. The molecule has 0 bridgehead atoms. The summed E-state index contributed by atoms with van der Waals surface area (Å²) in [4.78, 5) is 34.8. The zero-order valence-electron chi connectivity index (χ0n) is 13.2. The molecular formula is C15H17FN2O6S. The van der Waals surface area contributed by atoms with Gasteiger partial charge in [0.15, 0.2) is 16.4 Å². The number of carbonyl (C=O) groups is 3. The van der Waals surface area contributed by atoms with E-state index in [1.807, 2.05) is 5.43 Å². The fourth-order valence-corrected chi connectivity index (χ4v) is 4.22. The topological polar surface area (TPSA) is 119 Å². The highest BCUT2D eigenvalue weighted by molar-refractivity contribution is 7.91. The zero-order valence-corrected chi connectivity index (χ0v) is 14.0. The fourth-order valence-electron chi connectivity index (χ4n) is 2.36. The lowest BCUT2D eigenvalue weighted by Crippen LogP contribution is -2.44. The van der Waals surface area contributed by atoms with Gasteiger partial charge in [-0.3, -0.25) is 20.4 Å². The lowest BCUT2D eigenvalue weighted by molar-refractivity contribution is -0.131. The molecule has 1 aliphatic heterocycles. The third-order valence-corrected chi connectivity index (χ3v) is 5.41. The highest BCUT2D eigenvalue weighted by Crippen LogP contribution is 2.21. The lowest BCUT2D eigenvalue weighted by Gasteiger charge is -2.10. The Morgan fingerprint density at radius 1 is 1.16 bits per heavy atom. The van der Waals surface area contributed by atoms with Crippen LogP contribution < -0.4 is 10.9 Å². The van der Waals surface area contributed by atoms with E-state index in [2.05, 4.69) is 10.2 Å². The van der Waals surface area contributed by atoms with Gasteiger partial charge in [0.05, 0.1) is 17.1 Å². The number of esters is 1. The minimum atomic E-state index is -3.08. The Hall–Kier alpha value is -2.49. The summed E-state index contributed by atoms with van der Waals surface area (Å²) >= 11 is 0. The van der Waals surface area contributed by atoms with E-state index >= 15 is 0 Å². The van der Waals surface area contributed by atoms with Crippen molar-refractivity contribution >= 4 is 27.6 Å². The van der Waals surface area contributed by atoms with E-state index in [9.17, 15) is 27.2 Å². The Morgan fingerprint density at radius 2 is 1.84 bits per heavy atom. The maximum absolute atomic E-state index is 13.4. The number of sulfone groups is 1. The molecule has 8 nitrogen and oxygen atoms in total. The normalized spacial score (nSPS) is 18.4. The standard InChI is InChI=1S/C15H17FN2O6S/c16-12-4-2-1-3-11(12)15(21)24-8-14(20)18-17-13(19)7-10-5-6-25(22,23)9-10/h1-4,10H,5-9H2,(H,17,19)(H,18,20)/t10-/m0/s1. The SMILES string of the molecule is O=C(COC(=O)c1ccccc1F)NNC(=O)C[C@@H]1CCS(=O)(=O)C1. The second-order valence-electron chi connectivity index (χ2n) is 5.63. The van der Waals surface area contributed by atoms with E-state index in [1.165, 1.54) is 18.2 Å². The number of rotatable bonds is 5. The minimum absolute atomic E-state index is 0.0332. The van der Waals surface area contributed by atoms with Crippen LogP contribution in [0, 0.1) is 11.7 Å². The Kier molecular flexibility index (Phi) is 6.07. The maximum atomic E-state index is 13.4. The van der Waals surface area contributed by atoms with Crippen molar-refractivity contribution < 1.29 is 31.9 Å². The van der Waals surface area contributed by atoms with E-state index in [1.54, 1.807) is 0 Å². The molecule has 0 unspecified atom stereocenters. The second kappa shape index (κ2) is 8.06. The second-order valence-corrected chi connectivity index (χ2v) is 7.85. The quantitative estimate of drug-likeness (QED) is 0.553. The molecule has 0 spiro atoms. The van der Waals surface area contributed by atoms with Gasteiger partial charge in [0.25, 0.3) is 5.91 Å². The Balaban J connectivity index is 1.69. The predicted octanol–water partition coefficient (Wildman–Crippen LogP) is -0.0453. The first-order valence-electron chi connectivity index (χ1n) is 7.46. The van der Waals surface area contributed by atoms with Gasteiger partial charge < -0.3 is 4.74 Å². The van der Waals surface area contributed by atoms with Crippen molar-refractivity contribution in [3.05, 3.63) is 35.6 Å². The molecule has 1 atom stereocenters. The van der Waals surface area contributed by atoms with E-state index in [4.69, 9.17) is 0 Å². The number of ether oxygens (including phenoxy) is 1. The average Bonchev–Trinajstić information content (AvgIpc) is 2.89. The highest BCUT2D eigenvalue weighted by Gasteiger charge is 2.29. The molecule has 25 heavy (non-hydrogen) atoms. The molecule has 1 fully saturated rings. The van der Waals surface area contributed by atoms with E-state index in [0.717, 1.165) is 6.07 Å². The molecular weight excluding hydrogens is 355 g/mol. The molecule has 2 rings (SSSR count). The molecule has 1 saturated heterocycles. The van der Waals surface area contributed by atoms with Gasteiger partial charge >= 0.3 is 5.97 Å². The Labute approximate surface area is 143 Å². The van der Waals surface area contributed by atoms with Gasteiger partial charge in [-0.1, -0.05) is 12.1 Å². The molecule has 1 aliphatic rings. The van der Waals surface area contributed by atoms with Gasteiger partial charge in [-0.25, -0.2) is 17.6 Å². The third-order valence-electron chi connectivity index (χ3n) is 3.57. The number of nitrogens with one attached hydrogen (secondary N) is 2. The van der Waals surface area contributed by atoms with Crippen LogP contribution in [0.15, 0.2) is 24.3 Å².